The van der Waals surface area contributed by atoms with Gasteiger partial charge in [0.1, 0.15) is 12.1 Å². The minimum absolute atomic E-state index is 0.00627. The van der Waals surface area contributed by atoms with Gasteiger partial charge in [-0.3, -0.25) is 34.3 Å². The molecule has 2 unspecified atom stereocenters. The number of hydrogen-bond acceptors (Lipinski definition) is 6. The molecule has 4 amide bonds. The minimum Gasteiger partial charge on any atom is -0.330 e. The number of piperidine rings is 1. The maximum absolute atomic E-state index is 13.7. The Hall–Kier alpha value is -2.79. The molecular weight excluding hydrogens is 429 g/mol. The quantitative estimate of drug-likeness (QED) is 0.604. The molecule has 1 aromatic carbocycles. The Morgan fingerprint density at radius 3 is 2.44 bits per heavy atom. The Morgan fingerprint density at radius 1 is 1.12 bits per heavy atom. The molecule has 172 valence electrons. The van der Waals surface area contributed by atoms with E-state index >= 15 is 0 Å². The summed E-state index contributed by atoms with van der Waals surface area (Å²) in [6, 6.07) is 1.31. The van der Waals surface area contributed by atoms with Crippen molar-refractivity contribution >= 4 is 23.6 Å². The van der Waals surface area contributed by atoms with E-state index in [0.717, 1.165) is 4.90 Å². The lowest BCUT2D eigenvalue weighted by Crippen LogP contribution is -2.54. The molecule has 0 radical (unpaired) electrons. The van der Waals surface area contributed by atoms with Crippen molar-refractivity contribution in [2.24, 2.45) is 5.73 Å². The molecule has 8 nitrogen and oxygen atoms in total. The van der Waals surface area contributed by atoms with Crippen molar-refractivity contribution < 1.29 is 32.3 Å². The molecule has 2 fully saturated rings. The number of hydrogen-bond donors (Lipinski definition) is 2. The van der Waals surface area contributed by atoms with Crippen LogP contribution in [-0.4, -0.2) is 64.3 Å². The number of imide groups is 2. The first-order valence-electron chi connectivity index (χ1n) is 10.5. The number of halogens is 3. The molecule has 0 bridgehead atoms. The van der Waals surface area contributed by atoms with Crippen molar-refractivity contribution in [1.82, 2.24) is 15.1 Å². The summed E-state index contributed by atoms with van der Waals surface area (Å²) in [6.07, 6.45) is -3.55. The molecule has 2 aliphatic heterocycles. The van der Waals surface area contributed by atoms with Crippen LogP contribution < -0.4 is 11.1 Å². The zero-order valence-corrected chi connectivity index (χ0v) is 17.2. The van der Waals surface area contributed by atoms with E-state index in [-0.39, 0.29) is 49.5 Å². The monoisotopic (exact) mass is 452 g/mol. The molecule has 2 heterocycles. The highest BCUT2D eigenvalue weighted by Crippen LogP contribution is 2.38. The van der Waals surface area contributed by atoms with Crippen molar-refractivity contribution in [1.29, 1.82) is 0 Å². The van der Waals surface area contributed by atoms with Crippen molar-refractivity contribution in [2.45, 2.75) is 63.0 Å². The highest BCUT2D eigenvalue weighted by Gasteiger charge is 2.49. The molecule has 11 heteroatoms. The van der Waals surface area contributed by atoms with Crippen LogP contribution in [0.25, 0.3) is 0 Å². The number of amides is 4. The minimum atomic E-state index is -4.49. The number of nitrogens with two attached hydrogens (primary N) is 1. The molecule has 1 saturated carbocycles. The molecule has 0 spiro atoms. The van der Waals surface area contributed by atoms with Crippen LogP contribution in [0.1, 0.15) is 58.4 Å². The van der Waals surface area contributed by atoms with Crippen LogP contribution in [0.5, 0.6) is 0 Å². The van der Waals surface area contributed by atoms with Crippen LogP contribution in [0.15, 0.2) is 18.2 Å². The number of nitrogens with one attached hydrogen (secondary N) is 1. The van der Waals surface area contributed by atoms with E-state index in [1.165, 1.54) is 23.1 Å². The average Bonchev–Trinajstić information content (AvgIpc) is 3.52. The first kappa shape index (κ1) is 22.4. The van der Waals surface area contributed by atoms with Gasteiger partial charge in [0.25, 0.3) is 11.8 Å². The van der Waals surface area contributed by atoms with E-state index in [1.807, 2.05) is 0 Å². The second kappa shape index (κ2) is 8.28. The van der Waals surface area contributed by atoms with Gasteiger partial charge in [-0.25, -0.2) is 0 Å². The van der Waals surface area contributed by atoms with Crippen molar-refractivity contribution in [3.63, 3.8) is 0 Å². The summed E-state index contributed by atoms with van der Waals surface area (Å²) < 4.78 is 41.2. The normalized spacial score (nSPS) is 22.4. The van der Waals surface area contributed by atoms with Gasteiger partial charge in [-0.15, -0.1) is 0 Å². The van der Waals surface area contributed by atoms with E-state index in [4.69, 9.17) is 5.73 Å². The zero-order chi connectivity index (χ0) is 23.2. The maximum Gasteiger partial charge on any atom is 0.404 e. The van der Waals surface area contributed by atoms with Gasteiger partial charge in [-0.1, -0.05) is 12.1 Å². The molecule has 32 heavy (non-hydrogen) atoms. The first-order chi connectivity index (χ1) is 15.1. The Balaban J connectivity index is 1.65. The van der Waals surface area contributed by atoms with Crippen LogP contribution in [0.2, 0.25) is 0 Å². The second-order valence-electron chi connectivity index (χ2n) is 8.33. The van der Waals surface area contributed by atoms with Gasteiger partial charge >= 0.3 is 6.18 Å². The fraction of sp³-hybridized carbons (Fsp3) is 0.524. The molecule has 4 rings (SSSR count). The van der Waals surface area contributed by atoms with Crippen LogP contribution in [0, 0.1) is 0 Å². The van der Waals surface area contributed by atoms with Crippen molar-refractivity contribution in [2.75, 3.05) is 6.54 Å². The smallest absolute Gasteiger partial charge is 0.330 e. The lowest BCUT2D eigenvalue weighted by molar-refractivity contribution is -0.188. The fourth-order valence-electron chi connectivity index (χ4n) is 4.49. The summed E-state index contributed by atoms with van der Waals surface area (Å²) >= 11 is 0. The summed E-state index contributed by atoms with van der Waals surface area (Å²) in [7, 11) is 0. The molecule has 0 aromatic heterocycles. The molecule has 2 atom stereocenters. The van der Waals surface area contributed by atoms with Gasteiger partial charge < -0.3 is 5.73 Å². The largest absolute Gasteiger partial charge is 0.404 e. The topological polar surface area (TPSA) is 113 Å². The number of alkyl halides is 3. The molecule has 1 aromatic rings. The fourth-order valence-corrected chi connectivity index (χ4v) is 4.49. The number of rotatable bonds is 7. The van der Waals surface area contributed by atoms with Crippen LogP contribution in [0.3, 0.4) is 0 Å². The highest BCUT2D eigenvalue weighted by atomic mass is 19.4. The van der Waals surface area contributed by atoms with Gasteiger partial charge in [0.05, 0.1) is 11.1 Å². The predicted octanol–water partition coefficient (Wildman–Crippen LogP) is 1.33. The van der Waals surface area contributed by atoms with Crippen molar-refractivity contribution in [3.8, 4) is 0 Å². The summed E-state index contributed by atoms with van der Waals surface area (Å²) in [4.78, 5) is 51.9. The van der Waals surface area contributed by atoms with Crippen LogP contribution >= 0.6 is 0 Å². The SMILES string of the molecule is NCCC(N(Cc1cccc2c1C(=O)N(C1CCC(=O)NC1=O)C2=O)C1CC1)C(F)(F)F. The Bertz CT molecular complexity index is 976. The van der Waals surface area contributed by atoms with Gasteiger partial charge in [-0.2, -0.15) is 13.2 Å². The average molecular weight is 452 g/mol. The van der Waals surface area contributed by atoms with E-state index in [0.29, 0.717) is 18.4 Å². The van der Waals surface area contributed by atoms with E-state index in [9.17, 15) is 32.3 Å². The van der Waals surface area contributed by atoms with Gasteiger partial charge in [0, 0.05) is 19.0 Å². The highest BCUT2D eigenvalue weighted by molar-refractivity contribution is 6.24. The van der Waals surface area contributed by atoms with Gasteiger partial charge in [-0.05, 0) is 43.9 Å². The molecule has 1 saturated heterocycles. The molecule has 3 aliphatic rings. The third-order valence-corrected chi connectivity index (χ3v) is 6.14. The summed E-state index contributed by atoms with van der Waals surface area (Å²) in [5.41, 5.74) is 5.80. The number of carbonyl (C=O) groups excluding carboxylic acids is 4. The summed E-state index contributed by atoms with van der Waals surface area (Å²) in [5.74, 6) is -2.64. The third-order valence-electron chi connectivity index (χ3n) is 6.14. The summed E-state index contributed by atoms with van der Waals surface area (Å²) in [6.45, 7) is -0.304. The van der Waals surface area contributed by atoms with Gasteiger partial charge in [0.15, 0.2) is 0 Å². The second-order valence-corrected chi connectivity index (χ2v) is 8.33. The summed E-state index contributed by atoms with van der Waals surface area (Å²) in [5, 5.41) is 2.12. The Morgan fingerprint density at radius 2 is 1.84 bits per heavy atom. The lowest BCUT2D eigenvalue weighted by atomic mass is 10.0. The van der Waals surface area contributed by atoms with E-state index in [1.54, 1.807) is 0 Å². The Labute approximate surface area is 181 Å². The molecular formula is C21H23F3N4O4. The standard InChI is InChI=1S/C21H23F3N4O4/c22-21(23,24)15(8-9-25)27(12-4-5-12)10-11-2-1-3-13-17(11)20(32)28(19(13)31)14-6-7-16(29)26-18(14)30/h1-3,12,14-15H,4-10,25H2,(H,26,29,30). The van der Waals surface area contributed by atoms with Crippen LogP contribution in [-0.2, 0) is 16.1 Å². The van der Waals surface area contributed by atoms with E-state index in [2.05, 4.69) is 5.32 Å². The predicted molar refractivity (Wildman–Crippen MR) is 105 cm³/mol. The number of nitrogens with zero attached hydrogens (tertiary/aromatic N) is 2. The Kier molecular flexibility index (Phi) is 5.80. The number of fused-ring (bicyclic) bond motifs is 1. The first-order valence-corrected chi connectivity index (χ1v) is 10.5. The molecule has 1 aliphatic carbocycles. The zero-order valence-electron chi connectivity index (χ0n) is 17.2. The van der Waals surface area contributed by atoms with Gasteiger partial charge in [0.2, 0.25) is 11.8 Å². The third kappa shape index (κ3) is 4.02. The molecule has 3 N–H and O–H groups in total. The number of benzene rings is 1. The van der Waals surface area contributed by atoms with Crippen molar-refractivity contribution in [3.05, 3.63) is 34.9 Å². The maximum atomic E-state index is 13.7. The van der Waals surface area contributed by atoms with Crippen LogP contribution in [0.4, 0.5) is 13.2 Å². The number of carbonyl (C=O) groups is 4. The lowest BCUT2D eigenvalue weighted by Gasteiger charge is -2.33. The van der Waals surface area contributed by atoms with E-state index < -0.39 is 41.9 Å².